The minimum absolute atomic E-state index is 0.814. The van der Waals surface area contributed by atoms with Gasteiger partial charge in [-0.05, 0) is 37.8 Å². The Balaban J connectivity index is 2.02. The van der Waals surface area contributed by atoms with Gasteiger partial charge in [-0.25, -0.2) is 0 Å². The molecule has 2 aliphatic carbocycles. The minimum Gasteiger partial charge on any atom is -0.330 e. The van der Waals surface area contributed by atoms with E-state index in [1.165, 1.54) is 19.3 Å². The molecule has 54 valence electrons. The Morgan fingerprint density at radius 1 is 1.40 bits per heavy atom. The predicted octanol–water partition coefficient (Wildman–Crippen LogP) is 1.76. The molecule has 0 aromatic heterocycles. The molecule has 0 amide bonds. The Hall–Kier alpha value is -0.560. The maximum Gasteiger partial charge on any atom is -0.00398 e. The summed E-state index contributed by atoms with van der Waals surface area (Å²) in [6, 6.07) is 0. The van der Waals surface area contributed by atoms with E-state index in [-0.39, 0.29) is 0 Å². The summed E-state index contributed by atoms with van der Waals surface area (Å²) >= 11 is 0. The van der Waals surface area contributed by atoms with Crippen LogP contribution < -0.4 is 5.73 Å². The fraction of sp³-hybridized carbons (Fsp3) is 0.556. The lowest BCUT2D eigenvalue weighted by Crippen LogP contribution is -2.00. The highest BCUT2D eigenvalue weighted by molar-refractivity contribution is 5.48. The Kier molecular flexibility index (Phi) is 1.38. The zero-order valence-electron chi connectivity index (χ0n) is 6.19. The molecule has 0 aromatic carbocycles. The molecule has 0 unspecified atom stereocenters. The lowest BCUT2D eigenvalue weighted by molar-refractivity contribution is 0.842. The largest absolute Gasteiger partial charge is 0.330 e. The Morgan fingerprint density at radius 2 is 2.30 bits per heavy atom. The van der Waals surface area contributed by atoms with Crippen LogP contribution in [0.5, 0.6) is 0 Å². The Bertz CT molecular complexity index is 211. The van der Waals surface area contributed by atoms with Crippen LogP contribution in [0.1, 0.15) is 25.7 Å². The molecule has 2 N–H and O–H groups in total. The van der Waals surface area contributed by atoms with Crippen molar-refractivity contribution in [1.29, 1.82) is 0 Å². The molecule has 0 saturated heterocycles. The van der Waals surface area contributed by atoms with Crippen LogP contribution in [0.2, 0.25) is 0 Å². The zero-order valence-corrected chi connectivity index (χ0v) is 6.19. The average Bonchev–Trinajstić information content (AvgIpc) is 2.66. The summed E-state index contributed by atoms with van der Waals surface area (Å²) in [5, 5.41) is 0. The van der Waals surface area contributed by atoms with Crippen molar-refractivity contribution >= 4 is 0 Å². The van der Waals surface area contributed by atoms with Crippen LogP contribution in [0.4, 0.5) is 0 Å². The molecule has 0 heterocycles. The number of rotatable bonds is 2. The van der Waals surface area contributed by atoms with E-state index in [2.05, 4.69) is 6.08 Å². The van der Waals surface area contributed by atoms with Gasteiger partial charge in [0.2, 0.25) is 0 Å². The van der Waals surface area contributed by atoms with E-state index in [9.17, 15) is 0 Å². The van der Waals surface area contributed by atoms with Gasteiger partial charge in [0, 0.05) is 0 Å². The van der Waals surface area contributed by atoms with Crippen molar-refractivity contribution in [2.24, 2.45) is 5.73 Å². The first-order valence-corrected chi connectivity index (χ1v) is 4.00. The predicted molar refractivity (Wildman–Crippen MR) is 42.6 cm³/mol. The summed E-state index contributed by atoms with van der Waals surface area (Å²) in [7, 11) is 0. The van der Waals surface area contributed by atoms with Crippen molar-refractivity contribution in [3.8, 4) is 0 Å². The molecule has 2 rings (SSSR count). The van der Waals surface area contributed by atoms with Gasteiger partial charge in [-0.1, -0.05) is 17.2 Å². The lowest BCUT2D eigenvalue weighted by Gasteiger charge is -2.05. The number of allylic oxidation sites excluding steroid dienone is 3. The highest BCUT2D eigenvalue weighted by Crippen LogP contribution is 2.41. The molecule has 0 radical (unpaired) electrons. The van der Waals surface area contributed by atoms with Crippen LogP contribution in [-0.2, 0) is 0 Å². The molecule has 0 aliphatic heterocycles. The van der Waals surface area contributed by atoms with Crippen LogP contribution in [0, 0.1) is 0 Å². The fourth-order valence-corrected chi connectivity index (χ4v) is 1.60. The first kappa shape index (κ1) is 6.17. The van der Waals surface area contributed by atoms with E-state index in [4.69, 9.17) is 5.73 Å². The van der Waals surface area contributed by atoms with Gasteiger partial charge in [-0.3, -0.25) is 0 Å². The Labute approximate surface area is 61.6 Å². The van der Waals surface area contributed by atoms with E-state index in [0.717, 1.165) is 13.0 Å². The van der Waals surface area contributed by atoms with Gasteiger partial charge in [-0.15, -0.1) is 0 Å². The van der Waals surface area contributed by atoms with Gasteiger partial charge >= 0.3 is 0 Å². The second kappa shape index (κ2) is 2.24. The third-order valence-corrected chi connectivity index (χ3v) is 2.32. The molecular weight excluding hydrogens is 122 g/mol. The number of nitrogens with two attached hydrogens (primary N) is 1. The van der Waals surface area contributed by atoms with Gasteiger partial charge in [0.15, 0.2) is 0 Å². The highest BCUT2D eigenvalue weighted by atomic mass is 14.5. The van der Waals surface area contributed by atoms with Crippen molar-refractivity contribution in [3.05, 3.63) is 22.8 Å². The normalized spacial score (nSPS) is 22.3. The van der Waals surface area contributed by atoms with E-state index in [0.29, 0.717) is 0 Å². The summed E-state index contributed by atoms with van der Waals surface area (Å²) in [6.07, 6.45) is 7.35. The number of hydrogen-bond acceptors (Lipinski definition) is 1. The van der Waals surface area contributed by atoms with Gasteiger partial charge in [-0.2, -0.15) is 0 Å². The monoisotopic (exact) mass is 135 g/mol. The van der Waals surface area contributed by atoms with Gasteiger partial charge in [0.05, 0.1) is 0 Å². The van der Waals surface area contributed by atoms with Crippen LogP contribution in [0.3, 0.4) is 0 Å². The van der Waals surface area contributed by atoms with Crippen molar-refractivity contribution in [2.45, 2.75) is 25.7 Å². The van der Waals surface area contributed by atoms with E-state index in [1.807, 2.05) is 0 Å². The highest BCUT2D eigenvalue weighted by Gasteiger charge is 2.22. The molecule has 2 aliphatic rings. The standard InChI is InChI=1S/C9H13N/c10-4-3-7-1-2-8-6-9(8)5-7/h5H,1-4,6,10H2. The SMILES string of the molecule is NCCC1=CC2=C(CC1)C2. The van der Waals surface area contributed by atoms with Crippen molar-refractivity contribution in [3.63, 3.8) is 0 Å². The van der Waals surface area contributed by atoms with Gasteiger partial charge < -0.3 is 5.73 Å². The molecule has 0 spiro atoms. The second-order valence-corrected chi connectivity index (χ2v) is 3.15. The van der Waals surface area contributed by atoms with E-state index in [1.54, 1.807) is 16.7 Å². The van der Waals surface area contributed by atoms with Crippen molar-refractivity contribution < 1.29 is 0 Å². The second-order valence-electron chi connectivity index (χ2n) is 3.15. The first-order chi connectivity index (χ1) is 4.90. The molecule has 0 fully saturated rings. The molecule has 0 aromatic rings. The van der Waals surface area contributed by atoms with E-state index >= 15 is 0 Å². The quantitative estimate of drug-likeness (QED) is 0.613. The Morgan fingerprint density at radius 3 is 3.00 bits per heavy atom. The molecule has 1 nitrogen and oxygen atoms in total. The molecule has 0 bridgehead atoms. The number of hydrogen-bond donors (Lipinski definition) is 1. The maximum atomic E-state index is 5.46. The summed E-state index contributed by atoms with van der Waals surface area (Å²) in [5.74, 6) is 0. The fourth-order valence-electron chi connectivity index (χ4n) is 1.60. The van der Waals surface area contributed by atoms with Crippen LogP contribution in [0.15, 0.2) is 22.8 Å². The summed E-state index contributed by atoms with van der Waals surface area (Å²) in [5.41, 5.74) is 10.3. The van der Waals surface area contributed by atoms with Crippen molar-refractivity contribution in [2.75, 3.05) is 6.54 Å². The van der Waals surface area contributed by atoms with E-state index < -0.39 is 0 Å². The zero-order chi connectivity index (χ0) is 6.97. The van der Waals surface area contributed by atoms with Crippen LogP contribution >= 0.6 is 0 Å². The molecule has 0 saturated carbocycles. The molecular formula is C9H13N. The topological polar surface area (TPSA) is 26.0 Å². The summed E-state index contributed by atoms with van der Waals surface area (Å²) in [6.45, 7) is 0.814. The van der Waals surface area contributed by atoms with Crippen molar-refractivity contribution in [1.82, 2.24) is 0 Å². The van der Waals surface area contributed by atoms with Crippen LogP contribution in [0.25, 0.3) is 0 Å². The molecule has 0 atom stereocenters. The smallest absolute Gasteiger partial charge is 0.00398 e. The minimum atomic E-state index is 0.814. The average molecular weight is 135 g/mol. The van der Waals surface area contributed by atoms with Crippen LogP contribution in [-0.4, -0.2) is 6.54 Å². The maximum absolute atomic E-state index is 5.46. The first-order valence-electron chi connectivity index (χ1n) is 4.00. The summed E-state index contributed by atoms with van der Waals surface area (Å²) in [4.78, 5) is 0. The third kappa shape index (κ3) is 1.01. The summed E-state index contributed by atoms with van der Waals surface area (Å²) < 4.78 is 0. The lowest BCUT2D eigenvalue weighted by atomic mass is 10.0. The van der Waals surface area contributed by atoms with Gasteiger partial charge in [0.25, 0.3) is 0 Å². The van der Waals surface area contributed by atoms with Gasteiger partial charge in [0.1, 0.15) is 0 Å². The third-order valence-electron chi connectivity index (χ3n) is 2.32. The molecule has 1 heteroatoms. The molecule has 10 heavy (non-hydrogen) atoms.